The van der Waals surface area contributed by atoms with Crippen LogP contribution in [0.2, 0.25) is 0 Å². The van der Waals surface area contributed by atoms with Gasteiger partial charge < -0.3 is 9.64 Å². The molecule has 3 nitrogen and oxygen atoms in total. The predicted molar refractivity (Wildman–Crippen MR) is 80.9 cm³/mol. The molecule has 1 saturated heterocycles. The minimum absolute atomic E-state index is 0.0563. The normalized spacial score (nSPS) is 22.5. The second-order valence-electron chi connectivity index (χ2n) is 6.82. The summed E-state index contributed by atoms with van der Waals surface area (Å²) in [7, 11) is 0. The van der Waals surface area contributed by atoms with E-state index in [-0.39, 0.29) is 18.3 Å². The Hall–Kier alpha value is -1.65. The first-order valence-electron chi connectivity index (χ1n) is 7.61. The molecule has 0 bridgehead atoms. The molecule has 1 fully saturated rings. The lowest BCUT2D eigenvalue weighted by Gasteiger charge is -2.35. The van der Waals surface area contributed by atoms with Crippen molar-refractivity contribution < 1.29 is 18.3 Å². The lowest BCUT2D eigenvalue weighted by atomic mass is 9.89. The summed E-state index contributed by atoms with van der Waals surface area (Å²) in [4.78, 5) is 13.4. The highest BCUT2D eigenvalue weighted by atomic mass is 19.1. The SMILES string of the molecule is CC(C)(C)OC(=O)N1CCC(Cc2ccc(F)cc2)C(F)C1. The van der Waals surface area contributed by atoms with E-state index in [1.54, 1.807) is 32.9 Å². The fourth-order valence-corrected chi connectivity index (χ4v) is 2.60. The number of ether oxygens (including phenoxy) is 1. The molecule has 2 unspecified atom stereocenters. The molecule has 1 aromatic rings. The van der Waals surface area contributed by atoms with Crippen LogP contribution >= 0.6 is 0 Å². The molecule has 2 rings (SSSR count). The van der Waals surface area contributed by atoms with E-state index < -0.39 is 17.9 Å². The number of halogens is 2. The number of carbonyl (C=O) groups is 1. The molecule has 1 aliphatic rings. The van der Waals surface area contributed by atoms with Gasteiger partial charge in [-0.05, 0) is 57.2 Å². The third-order valence-electron chi connectivity index (χ3n) is 3.74. The number of hydrogen-bond donors (Lipinski definition) is 0. The highest BCUT2D eigenvalue weighted by Crippen LogP contribution is 2.25. The molecule has 0 saturated carbocycles. The monoisotopic (exact) mass is 311 g/mol. The van der Waals surface area contributed by atoms with Gasteiger partial charge in [-0.3, -0.25) is 0 Å². The summed E-state index contributed by atoms with van der Waals surface area (Å²) in [6.07, 6.45) is -0.414. The second kappa shape index (κ2) is 6.63. The largest absolute Gasteiger partial charge is 0.444 e. The first-order chi connectivity index (χ1) is 10.2. The number of carbonyl (C=O) groups excluding carboxylic acids is 1. The number of benzene rings is 1. The van der Waals surface area contributed by atoms with Gasteiger partial charge in [-0.25, -0.2) is 13.6 Å². The molecule has 0 radical (unpaired) electrons. The molecule has 0 N–H and O–H groups in total. The fourth-order valence-electron chi connectivity index (χ4n) is 2.60. The molecule has 0 aliphatic carbocycles. The molecular formula is C17H23F2NO2. The summed E-state index contributed by atoms with van der Waals surface area (Å²) in [5.41, 5.74) is 0.341. The van der Waals surface area contributed by atoms with Gasteiger partial charge in [-0.2, -0.15) is 0 Å². The van der Waals surface area contributed by atoms with Gasteiger partial charge >= 0.3 is 6.09 Å². The van der Waals surface area contributed by atoms with Crippen LogP contribution in [0.4, 0.5) is 13.6 Å². The van der Waals surface area contributed by atoms with E-state index in [4.69, 9.17) is 4.74 Å². The molecule has 122 valence electrons. The summed E-state index contributed by atoms with van der Waals surface area (Å²) in [6.45, 7) is 5.92. The third kappa shape index (κ3) is 4.68. The van der Waals surface area contributed by atoms with Crippen molar-refractivity contribution in [1.82, 2.24) is 4.90 Å². The summed E-state index contributed by atoms with van der Waals surface area (Å²) in [5, 5.41) is 0. The van der Waals surface area contributed by atoms with Crippen LogP contribution in [-0.4, -0.2) is 35.9 Å². The topological polar surface area (TPSA) is 29.5 Å². The van der Waals surface area contributed by atoms with E-state index in [1.807, 2.05) is 0 Å². The number of piperidine rings is 1. The van der Waals surface area contributed by atoms with Crippen molar-refractivity contribution in [3.8, 4) is 0 Å². The van der Waals surface area contributed by atoms with Crippen LogP contribution in [0.25, 0.3) is 0 Å². The zero-order valence-corrected chi connectivity index (χ0v) is 13.3. The van der Waals surface area contributed by atoms with Crippen molar-refractivity contribution in [3.05, 3.63) is 35.6 Å². The maximum atomic E-state index is 14.3. The van der Waals surface area contributed by atoms with E-state index in [2.05, 4.69) is 0 Å². The summed E-state index contributed by atoms with van der Waals surface area (Å²) < 4.78 is 32.5. The summed E-state index contributed by atoms with van der Waals surface area (Å²) in [5.74, 6) is -0.440. The smallest absolute Gasteiger partial charge is 0.410 e. The van der Waals surface area contributed by atoms with E-state index in [9.17, 15) is 13.6 Å². The van der Waals surface area contributed by atoms with Gasteiger partial charge in [-0.15, -0.1) is 0 Å². The fraction of sp³-hybridized carbons (Fsp3) is 0.588. The Labute approximate surface area is 130 Å². The Balaban J connectivity index is 1.90. The standard InChI is InChI=1S/C17H23F2NO2/c1-17(2,3)22-16(21)20-9-8-13(15(19)11-20)10-12-4-6-14(18)7-5-12/h4-7,13,15H,8-11H2,1-3H3. The average Bonchev–Trinajstić information content (AvgIpc) is 2.41. The van der Waals surface area contributed by atoms with Crippen LogP contribution in [0, 0.1) is 11.7 Å². The molecule has 1 aliphatic heterocycles. The number of amides is 1. The van der Waals surface area contributed by atoms with Crippen molar-refractivity contribution in [3.63, 3.8) is 0 Å². The van der Waals surface area contributed by atoms with Gasteiger partial charge in [0.25, 0.3) is 0 Å². The first-order valence-corrected chi connectivity index (χ1v) is 7.61. The van der Waals surface area contributed by atoms with Gasteiger partial charge in [0, 0.05) is 6.54 Å². The number of hydrogen-bond acceptors (Lipinski definition) is 2. The van der Waals surface area contributed by atoms with Crippen LogP contribution in [0.1, 0.15) is 32.8 Å². The van der Waals surface area contributed by atoms with Gasteiger partial charge in [0.05, 0.1) is 6.54 Å². The zero-order chi connectivity index (χ0) is 16.3. The van der Waals surface area contributed by atoms with Crippen LogP contribution in [0.3, 0.4) is 0 Å². The van der Waals surface area contributed by atoms with Crippen molar-refractivity contribution in [2.45, 2.75) is 45.4 Å². The van der Waals surface area contributed by atoms with Crippen molar-refractivity contribution in [2.75, 3.05) is 13.1 Å². The lowest BCUT2D eigenvalue weighted by Crippen LogP contribution is -2.47. The minimum Gasteiger partial charge on any atom is -0.444 e. The Morgan fingerprint density at radius 3 is 2.50 bits per heavy atom. The molecule has 1 heterocycles. The molecule has 1 aromatic carbocycles. The maximum absolute atomic E-state index is 14.3. The average molecular weight is 311 g/mol. The van der Waals surface area contributed by atoms with E-state index in [0.29, 0.717) is 19.4 Å². The highest BCUT2D eigenvalue weighted by molar-refractivity contribution is 5.68. The number of likely N-dealkylation sites (tertiary alicyclic amines) is 1. The Morgan fingerprint density at radius 2 is 1.95 bits per heavy atom. The predicted octanol–water partition coefficient (Wildman–Crippen LogP) is 3.96. The Kier molecular flexibility index (Phi) is 5.04. The van der Waals surface area contributed by atoms with Gasteiger partial charge in [-0.1, -0.05) is 12.1 Å². The van der Waals surface area contributed by atoms with E-state index in [0.717, 1.165) is 5.56 Å². The second-order valence-corrected chi connectivity index (χ2v) is 6.82. The molecule has 0 aromatic heterocycles. The van der Waals surface area contributed by atoms with Crippen LogP contribution in [0.5, 0.6) is 0 Å². The molecule has 5 heteroatoms. The number of alkyl halides is 1. The zero-order valence-electron chi connectivity index (χ0n) is 13.3. The maximum Gasteiger partial charge on any atom is 0.410 e. The third-order valence-corrected chi connectivity index (χ3v) is 3.74. The number of rotatable bonds is 2. The highest BCUT2D eigenvalue weighted by Gasteiger charge is 2.33. The molecule has 1 amide bonds. The van der Waals surface area contributed by atoms with E-state index in [1.165, 1.54) is 17.0 Å². The van der Waals surface area contributed by atoms with Crippen molar-refractivity contribution in [1.29, 1.82) is 0 Å². The van der Waals surface area contributed by atoms with Crippen molar-refractivity contribution in [2.24, 2.45) is 5.92 Å². The Bertz CT molecular complexity index is 510. The lowest BCUT2D eigenvalue weighted by molar-refractivity contribution is 0.00551. The molecule has 0 spiro atoms. The molecule has 2 atom stereocenters. The quantitative estimate of drug-likeness (QED) is 0.827. The first kappa shape index (κ1) is 16.7. The minimum atomic E-state index is -1.09. The van der Waals surface area contributed by atoms with Crippen LogP contribution in [-0.2, 0) is 11.2 Å². The molecular weight excluding hydrogens is 288 g/mol. The van der Waals surface area contributed by atoms with Gasteiger partial charge in [0.2, 0.25) is 0 Å². The Morgan fingerprint density at radius 1 is 1.32 bits per heavy atom. The van der Waals surface area contributed by atoms with Crippen molar-refractivity contribution >= 4 is 6.09 Å². The summed E-state index contributed by atoms with van der Waals surface area (Å²) >= 11 is 0. The summed E-state index contributed by atoms with van der Waals surface area (Å²) in [6, 6.07) is 6.14. The molecule has 22 heavy (non-hydrogen) atoms. The van der Waals surface area contributed by atoms with Crippen LogP contribution < -0.4 is 0 Å². The van der Waals surface area contributed by atoms with Crippen LogP contribution in [0.15, 0.2) is 24.3 Å². The van der Waals surface area contributed by atoms with E-state index >= 15 is 0 Å². The van der Waals surface area contributed by atoms with Gasteiger partial charge in [0.1, 0.15) is 17.6 Å². The number of nitrogens with zero attached hydrogens (tertiary/aromatic N) is 1. The van der Waals surface area contributed by atoms with Gasteiger partial charge in [0.15, 0.2) is 0 Å².